The zero-order valence-corrected chi connectivity index (χ0v) is 19.6. The number of nitrogens with zero attached hydrogens (tertiary/aromatic N) is 5. The average Bonchev–Trinajstić information content (AvgIpc) is 3.37. The van der Waals surface area contributed by atoms with Crippen molar-refractivity contribution in [1.82, 2.24) is 25.4 Å². The molecule has 2 aliphatic heterocycles. The van der Waals surface area contributed by atoms with E-state index in [-0.39, 0.29) is 24.0 Å². The number of piperidine rings is 1. The molecule has 7 nitrogen and oxygen atoms in total. The number of thiophene rings is 1. The molecule has 4 heterocycles. The molecule has 0 aliphatic carbocycles. The van der Waals surface area contributed by atoms with Crippen LogP contribution in [0.25, 0.3) is 0 Å². The van der Waals surface area contributed by atoms with Gasteiger partial charge in [-0.3, -0.25) is 0 Å². The van der Waals surface area contributed by atoms with E-state index in [0.717, 1.165) is 63.0 Å². The Labute approximate surface area is 188 Å². The maximum absolute atomic E-state index is 4.79. The molecule has 1 fully saturated rings. The quantitative estimate of drug-likeness (QED) is 0.364. The number of hydrogen-bond donors (Lipinski definition) is 2. The lowest BCUT2D eigenvalue weighted by Crippen LogP contribution is -2.48. The third-order valence-electron chi connectivity index (χ3n) is 5.31. The van der Waals surface area contributed by atoms with E-state index < -0.39 is 0 Å². The molecule has 0 saturated carbocycles. The number of fused-ring (bicyclic) bond motifs is 1. The smallest absolute Gasteiger partial charge is 0.191 e. The molecule has 4 rings (SSSR count). The number of hydrogen-bond acceptors (Lipinski definition) is 5. The molecule has 2 aromatic rings. The first kappa shape index (κ1) is 21.4. The monoisotopic (exact) mass is 515 g/mol. The van der Waals surface area contributed by atoms with Gasteiger partial charge < -0.3 is 20.1 Å². The van der Waals surface area contributed by atoms with Gasteiger partial charge in [-0.2, -0.15) is 0 Å². The minimum atomic E-state index is 0. The fourth-order valence-electron chi connectivity index (χ4n) is 3.84. The minimum absolute atomic E-state index is 0. The Bertz CT molecular complexity index is 750. The summed E-state index contributed by atoms with van der Waals surface area (Å²) in [6.07, 6.45) is 5.72. The Morgan fingerprint density at radius 2 is 2.11 bits per heavy atom. The van der Waals surface area contributed by atoms with Crippen LogP contribution in [-0.4, -0.2) is 46.4 Å². The van der Waals surface area contributed by atoms with E-state index in [4.69, 9.17) is 4.99 Å². The van der Waals surface area contributed by atoms with Crippen LogP contribution in [0, 0.1) is 0 Å². The standard InChI is InChI=1S/C19H29N7S.HI/c1-2-20-19(21-14-17-24-23-16-6-3-4-10-26(16)17)22-15-8-11-25(12-9-15)18-7-5-13-27-18;/h5,7,13,15H,2-4,6,8-12,14H2,1H3,(H2,20,21,22);1H. The molecule has 0 radical (unpaired) electrons. The molecular weight excluding hydrogens is 485 g/mol. The van der Waals surface area contributed by atoms with E-state index in [9.17, 15) is 0 Å². The second kappa shape index (κ2) is 10.4. The van der Waals surface area contributed by atoms with Gasteiger partial charge in [-0.1, -0.05) is 0 Å². The van der Waals surface area contributed by atoms with Gasteiger partial charge in [-0.25, -0.2) is 4.99 Å². The average molecular weight is 515 g/mol. The van der Waals surface area contributed by atoms with E-state index in [0.29, 0.717) is 12.6 Å². The molecule has 28 heavy (non-hydrogen) atoms. The zero-order chi connectivity index (χ0) is 18.5. The van der Waals surface area contributed by atoms with Gasteiger partial charge in [0.15, 0.2) is 11.8 Å². The molecule has 0 amide bonds. The lowest BCUT2D eigenvalue weighted by Gasteiger charge is -2.33. The van der Waals surface area contributed by atoms with E-state index >= 15 is 0 Å². The van der Waals surface area contributed by atoms with Crippen molar-refractivity contribution < 1.29 is 0 Å². The summed E-state index contributed by atoms with van der Waals surface area (Å²) >= 11 is 1.82. The molecule has 0 atom stereocenters. The van der Waals surface area contributed by atoms with Crippen molar-refractivity contribution in [1.29, 1.82) is 0 Å². The van der Waals surface area contributed by atoms with Crippen LogP contribution in [0.15, 0.2) is 22.5 Å². The van der Waals surface area contributed by atoms with E-state index in [1.165, 1.54) is 17.8 Å². The fourth-order valence-corrected chi connectivity index (χ4v) is 4.63. The number of aromatic nitrogens is 3. The van der Waals surface area contributed by atoms with Gasteiger partial charge in [0.2, 0.25) is 0 Å². The van der Waals surface area contributed by atoms with Crippen molar-refractivity contribution in [3.8, 4) is 0 Å². The van der Waals surface area contributed by atoms with Gasteiger partial charge in [0, 0.05) is 38.6 Å². The number of halogens is 1. The Hall–Kier alpha value is -1.36. The van der Waals surface area contributed by atoms with Gasteiger partial charge in [0.25, 0.3) is 0 Å². The number of aryl methyl sites for hydroxylation is 1. The van der Waals surface area contributed by atoms with Gasteiger partial charge in [-0.15, -0.1) is 45.5 Å². The second-order valence-corrected chi connectivity index (χ2v) is 8.12. The van der Waals surface area contributed by atoms with Crippen molar-refractivity contribution in [3.05, 3.63) is 29.2 Å². The Morgan fingerprint density at radius 3 is 2.86 bits per heavy atom. The molecule has 2 aromatic heterocycles. The van der Waals surface area contributed by atoms with Crippen LogP contribution < -0.4 is 15.5 Å². The summed E-state index contributed by atoms with van der Waals surface area (Å²) in [6.45, 7) is 6.76. The summed E-state index contributed by atoms with van der Waals surface area (Å²) in [4.78, 5) is 7.27. The van der Waals surface area contributed by atoms with E-state index in [1.807, 2.05) is 11.3 Å². The predicted molar refractivity (Wildman–Crippen MR) is 126 cm³/mol. The molecule has 0 bridgehead atoms. The molecule has 2 N–H and O–H groups in total. The summed E-state index contributed by atoms with van der Waals surface area (Å²) in [5.74, 6) is 2.99. The Balaban J connectivity index is 0.00000225. The summed E-state index contributed by atoms with van der Waals surface area (Å²) in [5.41, 5.74) is 0. The van der Waals surface area contributed by atoms with Crippen LogP contribution in [0.5, 0.6) is 0 Å². The van der Waals surface area contributed by atoms with Gasteiger partial charge in [0.1, 0.15) is 12.4 Å². The van der Waals surface area contributed by atoms with Crippen LogP contribution in [0.3, 0.4) is 0 Å². The minimum Gasteiger partial charge on any atom is -0.363 e. The molecule has 154 valence electrons. The van der Waals surface area contributed by atoms with Gasteiger partial charge in [0.05, 0.1) is 5.00 Å². The molecule has 2 aliphatic rings. The van der Waals surface area contributed by atoms with Crippen molar-refractivity contribution >= 4 is 46.3 Å². The summed E-state index contributed by atoms with van der Waals surface area (Å²) < 4.78 is 2.25. The van der Waals surface area contributed by atoms with Crippen LogP contribution in [0.4, 0.5) is 5.00 Å². The Morgan fingerprint density at radius 1 is 1.25 bits per heavy atom. The molecule has 0 spiro atoms. The van der Waals surface area contributed by atoms with Crippen LogP contribution >= 0.6 is 35.3 Å². The fraction of sp³-hybridized carbons (Fsp3) is 0.632. The van der Waals surface area contributed by atoms with Crippen molar-refractivity contribution in [2.75, 3.05) is 24.5 Å². The van der Waals surface area contributed by atoms with E-state index in [2.05, 4.69) is 54.7 Å². The number of rotatable bonds is 5. The SMILES string of the molecule is CCNC(=NCc1nnc2n1CCCC2)NC1CCN(c2cccs2)CC1.I. The molecule has 0 aromatic carbocycles. The molecule has 0 unspecified atom stereocenters. The third-order valence-corrected chi connectivity index (χ3v) is 6.24. The Kier molecular flexibility index (Phi) is 7.95. The predicted octanol–water partition coefficient (Wildman–Crippen LogP) is 3.02. The van der Waals surface area contributed by atoms with E-state index in [1.54, 1.807) is 0 Å². The third kappa shape index (κ3) is 5.16. The normalized spacial score (nSPS) is 17.8. The highest BCUT2D eigenvalue weighted by molar-refractivity contribution is 14.0. The van der Waals surface area contributed by atoms with Crippen molar-refractivity contribution in [2.45, 2.75) is 58.2 Å². The number of anilines is 1. The molecule has 1 saturated heterocycles. The highest BCUT2D eigenvalue weighted by Crippen LogP contribution is 2.24. The first-order valence-electron chi connectivity index (χ1n) is 10.1. The van der Waals surface area contributed by atoms with Crippen molar-refractivity contribution in [2.24, 2.45) is 4.99 Å². The lowest BCUT2D eigenvalue weighted by atomic mass is 10.1. The van der Waals surface area contributed by atoms with Crippen LogP contribution in [-0.2, 0) is 19.5 Å². The zero-order valence-electron chi connectivity index (χ0n) is 16.4. The summed E-state index contributed by atoms with van der Waals surface area (Å²) in [5, 5.41) is 19.2. The molecule has 9 heteroatoms. The second-order valence-electron chi connectivity index (χ2n) is 7.19. The number of guanidine groups is 1. The van der Waals surface area contributed by atoms with Gasteiger partial charge in [-0.05, 0) is 50.1 Å². The van der Waals surface area contributed by atoms with Crippen molar-refractivity contribution in [3.63, 3.8) is 0 Å². The first-order chi connectivity index (χ1) is 13.3. The van der Waals surface area contributed by atoms with Crippen LogP contribution in [0.2, 0.25) is 0 Å². The maximum atomic E-state index is 4.79. The maximum Gasteiger partial charge on any atom is 0.191 e. The highest BCUT2D eigenvalue weighted by atomic mass is 127. The summed E-state index contributed by atoms with van der Waals surface area (Å²) in [7, 11) is 0. The number of aliphatic imine (C=N–C) groups is 1. The first-order valence-corrected chi connectivity index (χ1v) is 11.0. The van der Waals surface area contributed by atoms with Crippen LogP contribution in [0.1, 0.15) is 44.3 Å². The summed E-state index contributed by atoms with van der Waals surface area (Å²) in [6, 6.07) is 4.80. The molecular formula is C19H30IN7S. The highest BCUT2D eigenvalue weighted by Gasteiger charge is 2.21. The lowest BCUT2D eigenvalue weighted by molar-refractivity contribution is 0.462. The topological polar surface area (TPSA) is 70.4 Å². The largest absolute Gasteiger partial charge is 0.363 e. The number of nitrogens with one attached hydrogen (secondary N) is 2. The van der Waals surface area contributed by atoms with Gasteiger partial charge >= 0.3 is 0 Å².